The number of hydrogen-bond donors (Lipinski definition) is 3. The fraction of sp³-hybridized carbons (Fsp3) is 0.846. The molecule has 0 aromatic rings. The van der Waals surface area contributed by atoms with Gasteiger partial charge in [-0.15, -0.1) is 0 Å². The Labute approximate surface area is 108 Å². The number of urea groups is 1. The second kappa shape index (κ2) is 7.24. The molecule has 0 saturated heterocycles. The number of carboxylic acids is 1. The Kier molecular flexibility index (Phi) is 5.95. The molecule has 104 valence electrons. The van der Waals surface area contributed by atoms with E-state index in [2.05, 4.69) is 24.5 Å². The van der Waals surface area contributed by atoms with Crippen molar-refractivity contribution in [2.45, 2.75) is 64.5 Å². The molecular weight excluding hydrogens is 232 g/mol. The van der Waals surface area contributed by atoms with Crippen LogP contribution in [0.5, 0.6) is 0 Å². The molecule has 3 unspecified atom stereocenters. The topological polar surface area (TPSA) is 78.4 Å². The lowest BCUT2D eigenvalue weighted by Crippen LogP contribution is -2.45. The molecule has 0 aromatic heterocycles. The minimum Gasteiger partial charge on any atom is -0.481 e. The van der Waals surface area contributed by atoms with E-state index >= 15 is 0 Å². The van der Waals surface area contributed by atoms with Crippen LogP contribution in [-0.4, -0.2) is 29.2 Å². The van der Waals surface area contributed by atoms with Crippen molar-refractivity contribution >= 4 is 12.0 Å². The van der Waals surface area contributed by atoms with E-state index in [0.717, 1.165) is 25.7 Å². The summed E-state index contributed by atoms with van der Waals surface area (Å²) >= 11 is 0. The molecule has 18 heavy (non-hydrogen) atoms. The highest BCUT2D eigenvalue weighted by Gasteiger charge is 2.30. The molecule has 1 saturated carbocycles. The molecule has 3 atom stereocenters. The zero-order valence-electron chi connectivity index (χ0n) is 11.2. The lowest BCUT2D eigenvalue weighted by atomic mass is 10.1. The summed E-state index contributed by atoms with van der Waals surface area (Å²) in [4.78, 5) is 22.6. The van der Waals surface area contributed by atoms with Gasteiger partial charge in [-0.25, -0.2) is 4.79 Å². The molecule has 0 bridgehead atoms. The predicted molar refractivity (Wildman–Crippen MR) is 69.4 cm³/mol. The first-order valence-corrected chi connectivity index (χ1v) is 6.86. The molecule has 0 radical (unpaired) electrons. The molecule has 0 heterocycles. The Balaban J connectivity index is 2.30. The van der Waals surface area contributed by atoms with Gasteiger partial charge in [-0.1, -0.05) is 20.3 Å². The number of carbonyl (C=O) groups excluding carboxylic acids is 1. The maximum atomic E-state index is 11.8. The Morgan fingerprint density at radius 3 is 2.56 bits per heavy atom. The van der Waals surface area contributed by atoms with Crippen LogP contribution in [0.2, 0.25) is 0 Å². The van der Waals surface area contributed by atoms with Crippen LogP contribution in [0.1, 0.15) is 52.4 Å². The SMILES string of the molecule is CCCC(CC)NC(=O)NC1CCC(C(=O)O)C1. The minimum absolute atomic E-state index is 0.00485. The average molecular weight is 256 g/mol. The average Bonchev–Trinajstić information content (AvgIpc) is 2.77. The smallest absolute Gasteiger partial charge is 0.315 e. The van der Waals surface area contributed by atoms with Gasteiger partial charge in [0.05, 0.1) is 5.92 Å². The van der Waals surface area contributed by atoms with Gasteiger partial charge >= 0.3 is 12.0 Å². The quantitative estimate of drug-likeness (QED) is 0.681. The zero-order valence-corrected chi connectivity index (χ0v) is 11.2. The number of amides is 2. The first-order valence-electron chi connectivity index (χ1n) is 6.86. The molecule has 2 amide bonds. The summed E-state index contributed by atoms with van der Waals surface area (Å²) in [6.07, 6.45) is 4.91. The lowest BCUT2D eigenvalue weighted by Gasteiger charge is -2.19. The van der Waals surface area contributed by atoms with E-state index in [-0.39, 0.29) is 24.0 Å². The van der Waals surface area contributed by atoms with Crippen LogP contribution in [0.4, 0.5) is 4.79 Å². The molecule has 1 fully saturated rings. The van der Waals surface area contributed by atoms with Crippen molar-refractivity contribution in [1.29, 1.82) is 0 Å². The Hall–Kier alpha value is -1.26. The number of carbonyl (C=O) groups is 2. The highest BCUT2D eigenvalue weighted by atomic mass is 16.4. The second-order valence-corrected chi connectivity index (χ2v) is 5.06. The van der Waals surface area contributed by atoms with E-state index in [0.29, 0.717) is 12.8 Å². The summed E-state index contributed by atoms with van der Waals surface area (Å²) in [6.45, 7) is 4.15. The third-order valence-corrected chi connectivity index (χ3v) is 3.58. The van der Waals surface area contributed by atoms with Crippen LogP contribution in [0.3, 0.4) is 0 Å². The highest BCUT2D eigenvalue weighted by molar-refractivity contribution is 5.75. The lowest BCUT2D eigenvalue weighted by molar-refractivity contribution is -0.141. The fourth-order valence-corrected chi connectivity index (χ4v) is 2.48. The van der Waals surface area contributed by atoms with Gasteiger partial charge in [-0.05, 0) is 32.1 Å². The molecule has 0 spiro atoms. The van der Waals surface area contributed by atoms with Crippen LogP contribution < -0.4 is 10.6 Å². The number of aliphatic carboxylic acids is 1. The van der Waals surface area contributed by atoms with Crippen molar-refractivity contribution in [3.05, 3.63) is 0 Å². The van der Waals surface area contributed by atoms with Gasteiger partial charge in [0.1, 0.15) is 0 Å². The monoisotopic (exact) mass is 256 g/mol. The molecule has 1 aliphatic rings. The van der Waals surface area contributed by atoms with E-state index in [1.807, 2.05) is 0 Å². The largest absolute Gasteiger partial charge is 0.481 e. The first-order chi connectivity index (χ1) is 8.56. The van der Waals surface area contributed by atoms with Gasteiger partial charge in [-0.3, -0.25) is 4.79 Å². The van der Waals surface area contributed by atoms with Crippen molar-refractivity contribution in [3.63, 3.8) is 0 Å². The molecule has 0 aliphatic heterocycles. The number of carboxylic acid groups (broad SMARTS) is 1. The summed E-state index contributed by atoms with van der Waals surface area (Å²) in [5.41, 5.74) is 0. The van der Waals surface area contributed by atoms with Gasteiger partial charge in [-0.2, -0.15) is 0 Å². The van der Waals surface area contributed by atoms with Crippen LogP contribution in [0.15, 0.2) is 0 Å². The van der Waals surface area contributed by atoms with Gasteiger partial charge < -0.3 is 15.7 Å². The van der Waals surface area contributed by atoms with Crippen LogP contribution in [-0.2, 0) is 4.79 Å². The second-order valence-electron chi connectivity index (χ2n) is 5.06. The van der Waals surface area contributed by atoms with Crippen LogP contribution in [0.25, 0.3) is 0 Å². The summed E-state index contributed by atoms with van der Waals surface area (Å²) in [5, 5.41) is 14.7. The number of hydrogen-bond acceptors (Lipinski definition) is 2. The standard InChI is InChI=1S/C13H24N2O3/c1-3-5-10(4-2)14-13(18)15-11-7-6-9(8-11)12(16)17/h9-11H,3-8H2,1-2H3,(H,16,17)(H2,14,15,18). The molecule has 1 aliphatic carbocycles. The van der Waals surface area contributed by atoms with E-state index < -0.39 is 5.97 Å². The van der Waals surface area contributed by atoms with Gasteiger partial charge in [0.25, 0.3) is 0 Å². The maximum absolute atomic E-state index is 11.8. The van der Waals surface area contributed by atoms with Crippen LogP contribution >= 0.6 is 0 Å². The molecular formula is C13H24N2O3. The Morgan fingerprint density at radius 1 is 1.33 bits per heavy atom. The third kappa shape index (κ3) is 4.55. The molecule has 5 heteroatoms. The van der Waals surface area contributed by atoms with Crippen molar-refractivity contribution in [2.24, 2.45) is 5.92 Å². The normalized spacial score (nSPS) is 24.6. The molecule has 1 rings (SSSR count). The van der Waals surface area contributed by atoms with E-state index in [9.17, 15) is 9.59 Å². The van der Waals surface area contributed by atoms with Gasteiger partial charge in [0, 0.05) is 12.1 Å². The molecule has 5 nitrogen and oxygen atoms in total. The Morgan fingerprint density at radius 2 is 2.06 bits per heavy atom. The van der Waals surface area contributed by atoms with E-state index in [1.54, 1.807) is 0 Å². The summed E-state index contributed by atoms with van der Waals surface area (Å²) in [5.74, 6) is -1.05. The third-order valence-electron chi connectivity index (χ3n) is 3.58. The van der Waals surface area contributed by atoms with Crippen molar-refractivity contribution in [2.75, 3.05) is 0 Å². The Bertz CT molecular complexity index is 294. The number of rotatable bonds is 6. The number of nitrogens with one attached hydrogen (secondary N) is 2. The minimum atomic E-state index is -0.753. The maximum Gasteiger partial charge on any atom is 0.315 e. The fourth-order valence-electron chi connectivity index (χ4n) is 2.48. The highest BCUT2D eigenvalue weighted by Crippen LogP contribution is 2.25. The first kappa shape index (κ1) is 14.8. The predicted octanol–water partition coefficient (Wildman–Crippen LogP) is 2.12. The van der Waals surface area contributed by atoms with E-state index in [4.69, 9.17) is 5.11 Å². The molecule has 3 N–H and O–H groups in total. The molecule has 0 aromatic carbocycles. The van der Waals surface area contributed by atoms with Crippen LogP contribution in [0, 0.1) is 5.92 Å². The summed E-state index contributed by atoms with van der Waals surface area (Å²) in [7, 11) is 0. The summed E-state index contributed by atoms with van der Waals surface area (Å²) < 4.78 is 0. The zero-order chi connectivity index (χ0) is 13.5. The van der Waals surface area contributed by atoms with Crippen molar-refractivity contribution in [3.8, 4) is 0 Å². The van der Waals surface area contributed by atoms with E-state index in [1.165, 1.54) is 0 Å². The van der Waals surface area contributed by atoms with Gasteiger partial charge in [0.15, 0.2) is 0 Å². The van der Waals surface area contributed by atoms with Crippen molar-refractivity contribution < 1.29 is 14.7 Å². The van der Waals surface area contributed by atoms with Crippen molar-refractivity contribution in [1.82, 2.24) is 10.6 Å². The van der Waals surface area contributed by atoms with Gasteiger partial charge in [0.2, 0.25) is 0 Å². The summed E-state index contributed by atoms with van der Waals surface area (Å²) in [6, 6.07) is 0.0586.